The molecule has 2 atom stereocenters. The summed E-state index contributed by atoms with van der Waals surface area (Å²) in [4.78, 5) is 42.7. The Morgan fingerprint density at radius 3 is 2.43 bits per heavy atom. The first-order valence-corrected chi connectivity index (χ1v) is 14.7. The fourth-order valence-corrected chi connectivity index (χ4v) is 4.44. The molecule has 2 heterocycles. The van der Waals surface area contributed by atoms with Crippen molar-refractivity contribution in [3.63, 3.8) is 0 Å². The number of hydrogen-bond donors (Lipinski definition) is 4. The van der Waals surface area contributed by atoms with Crippen LogP contribution >= 0.6 is 0 Å². The molecule has 46 heavy (non-hydrogen) atoms. The molecular formula is C31H42N8O7. The second kappa shape index (κ2) is 13.7. The van der Waals surface area contributed by atoms with Crippen LogP contribution in [-0.4, -0.2) is 69.6 Å². The zero-order chi connectivity index (χ0) is 36.3. The molecule has 3 aromatic rings. The maximum absolute atomic E-state index is 12.9. The van der Waals surface area contributed by atoms with Crippen LogP contribution in [0.25, 0.3) is 11.5 Å². The fraction of sp³-hybridized carbons (Fsp3) is 0.516. The van der Waals surface area contributed by atoms with Gasteiger partial charge >= 0.3 is 6.09 Å². The van der Waals surface area contributed by atoms with Gasteiger partial charge in [-0.3, -0.25) is 9.59 Å². The number of benzene rings is 1. The minimum absolute atomic E-state index is 0.0271. The monoisotopic (exact) mass is 641 g/mol. The second-order valence-corrected chi connectivity index (χ2v) is 12.7. The van der Waals surface area contributed by atoms with Crippen molar-refractivity contribution in [1.29, 1.82) is 0 Å². The lowest BCUT2D eigenvalue weighted by Crippen LogP contribution is -2.42. The number of hydrogen-bond acceptors (Lipinski definition) is 12. The lowest BCUT2D eigenvalue weighted by molar-refractivity contribution is -0.117. The van der Waals surface area contributed by atoms with Crippen LogP contribution in [-0.2, 0) is 14.3 Å². The smallest absolute Gasteiger partial charge is 0.408 e. The highest BCUT2D eigenvalue weighted by atomic mass is 16.6. The van der Waals surface area contributed by atoms with Crippen molar-refractivity contribution in [1.82, 2.24) is 31.0 Å². The zero-order valence-corrected chi connectivity index (χ0v) is 27.1. The topological polar surface area (TPSA) is 192 Å². The van der Waals surface area contributed by atoms with Crippen molar-refractivity contribution in [2.24, 2.45) is 5.92 Å². The van der Waals surface area contributed by atoms with Crippen LogP contribution < -0.4 is 26.0 Å². The Kier molecular flexibility index (Phi) is 8.89. The summed E-state index contributed by atoms with van der Waals surface area (Å²) in [5, 5.41) is 22.3. The number of para-hydroxylation sites is 1. The molecule has 0 unspecified atom stereocenters. The molecule has 1 aromatic carbocycles. The van der Waals surface area contributed by atoms with Gasteiger partial charge in [0, 0.05) is 23.1 Å². The van der Waals surface area contributed by atoms with E-state index in [9.17, 15) is 14.4 Å². The van der Waals surface area contributed by atoms with Crippen molar-refractivity contribution in [3.8, 4) is 17.2 Å². The Hall–Kier alpha value is -4.79. The number of nitrogens with zero attached hydrogens (tertiary/aromatic N) is 4. The SMILES string of the molecule is [2H]C([2H])([2H])NC(=O)c1nnc(NC(=O)C2CC2)cc1Nc1cccc(-c2nc([C@H](NC(=O)OC(C)(C)C)[C@H](C)OC(C)(C)C)no2)c1OC. The fourth-order valence-electron chi connectivity index (χ4n) is 4.44. The van der Waals surface area contributed by atoms with E-state index in [2.05, 4.69) is 36.3 Å². The maximum atomic E-state index is 12.9. The summed E-state index contributed by atoms with van der Waals surface area (Å²) in [5.74, 6) is -1.01. The number of alkyl carbamates (subject to hydrolysis) is 1. The molecule has 0 bridgehead atoms. The largest absolute Gasteiger partial charge is 0.494 e. The van der Waals surface area contributed by atoms with E-state index in [1.807, 2.05) is 26.1 Å². The van der Waals surface area contributed by atoms with E-state index in [0.717, 1.165) is 12.8 Å². The summed E-state index contributed by atoms with van der Waals surface area (Å²) in [6.45, 7) is 9.82. The third-order valence-electron chi connectivity index (χ3n) is 6.44. The van der Waals surface area contributed by atoms with E-state index in [1.165, 1.54) is 13.2 Å². The third kappa shape index (κ3) is 8.90. The number of aromatic nitrogens is 4. The van der Waals surface area contributed by atoms with E-state index >= 15 is 0 Å². The Morgan fingerprint density at radius 2 is 1.80 bits per heavy atom. The van der Waals surface area contributed by atoms with Crippen LogP contribution in [0.1, 0.15) is 87.8 Å². The molecule has 1 fully saturated rings. The molecule has 4 N–H and O–H groups in total. The molecule has 1 aliphatic carbocycles. The van der Waals surface area contributed by atoms with E-state index in [4.69, 9.17) is 22.8 Å². The lowest BCUT2D eigenvalue weighted by atomic mass is 10.1. The third-order valence-corrected chi connectivity index (χ3v) is 6.44. The van der Waals surface area contributed by atoms with Crippen molar-refractivity contribution in [2.75, 3.05) is 24.7 Å². The van der Waals surface area contributed by atoms with Gasteiger partial charge in [-0.05, 0) is 73.4 Å². The molecule has 15 heteroatoms. The number of carbonyl (C=O) groups excluding carboxylic acids is 3. The summed E-state index contributed by atoms with van der Waals surface area (Å²) >= 11 is 0. The molecule has 0 aliphatic heterocycles. The predicted molar refractivity (Wildman–Crippen MR) is 169 cm³/mol. The van der Waals surface area contributed by atoms with Crippen LogP contribution in [0.15, 0.2) is 28.8 Å². The molecule has 0 saturated heterocycles. The van der Waals surface area contributed by atoms with Crippen LogP contribution in [0.5, 0.6) is 5.75 Å². The van der Waals surface area contributed by atoms with Gasteiger partial charge in [0.2, 0.25) is 5.91 Å². The van der Waals surface area contributed by atoms with Crippen LogP contribution in [0, 0.1) is 5.92 Å². The molecule has 2 aromatic heterocycles. The first-order valence-electron chi connectivity index (χ1n) is 16.2. The Morgan fingerprint density at radius 1 is 1.07 bits per heavy atom. The highest BCUT2D eigenvalue weighted by Crippen LogP contribution is 2.38. The van der Waals surface area contributed by atoms with E-state index in [0.29, 0.717) is 11.3 Å². The molecule has 15 nitrogen and oxygen atoms in total. The minimum atomic E-state index is -2.80. The average molecular weight is 642 g/mol. The molecular weight excluding hydrogens is 596 g/mol. The molecule has 0 radical (unpaired) electrons. The average Bonchev–Trinajstić information content (AvgIpc) is 3.70. The Balaban J connectivity index is 1.70. The number of rotatable bonds is 11. The van der Waals surface area contributed by atoms with Gasteiger partial charge in [0.15, 0.2) is 23.1 Å². The van der Waals surface area contributed by atoms with Gasteiger partial charge in [-0.2, -0.15) is 4.98 Å². The first-order chi connectivity index (χ1) is 22.7. The number of nitrogens with one attached hydrogen (secondary N) is 4. The van der Waals surface area contributed by atoms with E-state index in [-0.39, 0.29) is 46.5 Å². The van der Waals surface area contributed by atoms with Gasteiger partial charge < -0.3 is 40.0 Å². The van der Waals surface area contributed by atoms with Gasteiger partial charge in [0.25, 0.3) is 11.8 Å². The zero-order valence-electron chi connectivity index (χ0n) is 30.1. The number of carbonyl (C=O) groups is 3. The van der Waals surface area contributed by atoms with Crippen molar-refractivity contribution >= 4 is 35.1 Å². The number of anilines is 3. The van der Waals surface area contributed by atoms with Gasteiger partial charge in [-0.15, -0.1) is 10.2 Å². The molecule has 1 aliphatic rings. The van der Waals surface area contributed by atoms with Gasteiger partial charge in [0.05, 0.1) is 35.8 Å². The molecule has 4 rings (SSSR count). The van der Waals surface area contributed by atoms with Gasteiger partial charge in [-0.1, -0.05) is 11.2 Å². The summed E-state index contributed by atoms with van der Waals surface area (Å²) in [7, 11) is 1.40. The molecule has 1 saturated carbocycles. The maximum Gasteiger partial charge on any atom is 0.408 e. The standard InChI is InChI=1S/C31H42N8O7/c1-16(44-30(2,3)4)22(35-29(42)45-31(5,6)7)25-36-28(46-39-25)18-11-10-12-19(24(18)43-9)33-20-15-21(34-26(40)17-13-14-17)37-38-23(20)27(41)32-8/h10-12,15-17,22H,13-14H2,1-9H3,(H,32,41)(H,35,42)(H2,33,34,37,40)/t16-,22+/m0/s1/i8D3. The summed E-state index contributed by atoms with van der Waals surface area (Å²) in [5.41, 5.74) is -1.01. The van der Waals surface area contributed by atoms with Gasteiger partial charge in [0.1, 0.15) is 11.6 Å². The van der Waals surface area contributed by atoms with Crippen LogP contribution in [0.2, 0.25) is 0 Å². The van der Waals surface area contributed by atoms with E-state index < -0.39 is 42.3 Å². The van der Waals surface area contributed by atoms with Crippen LogP contribution in [0.4, 0.5) is 22.0 Å². The number of ether oxygens (including phenoxy) is 3. The molecule has 3 amide bonds. The normalized spacial score (nSPS) is 15.8. The first kappa shape index (κ1) is 29.9. The summed E-state index contributed by atoms with van der Waals surface area (Å²) in [6, 6.07) is 5.42. The Bertz CT molecular complexity index is 1680. The highest BCUT2D eigenvalue weighted by molar-refractivity contribution is 6.00. The highest BCUT2D eigenvalue weighted by Gasteiger charge is 2.33. The number of amides is 3. The van der Waals surface area contributed by atoms with E-state index in [1.54, 1.807) is 45.9 Å². The van der Waals surface area contributed by atoms with Crippen molar-refractivity contribution in [2.45, 2.75) is 84.7 Å². The molecule has 0 spiro atoms. The van der Waals surface area contributed by atoms with Crippen molar-refractivity contribution < 1.29 is 37.2 Å². The summed E-state index contributed by atoms with van der Waals surface area (Å²) in [6.07, 6.45) is 0.200. The second-order valence-electron chi connectivity index (χ2n) is 12.7. The summed E-state index contributed by atoms with van der Waals surface area (Å²) < 4.78 is 45.3. The van der Waals surface area contributed by atoms with Gasteiger partial charge in [-0.25, -0.2) is 4.79 Å². The quantitative estimate of drug-likeness (QED) is 0.225. The lowest BCUT2D eigenvalue weighted by Gasteiger charge is -2.30. The van der Waals surface area contributed by atoms with Crippen molar-refractivity contribution in [3.05, 3.63) is 35.8 Å². The molecule has 248 valence electrons. The predicted octanol–water partition coefficient (Wildman–Crippen LogP) is 4.76. The van der Waals surface area contributed by atoms with Crippen LogP contribution in [0.3, 0.4) is 0 Å². The Labute approximate surface area is 271 Å². The number of methoxy groups -OCH3 is 1. The minimum Gasteiger partial charge on any atom is -0.494 e.